The Bertz CT molecular complexity index is 1000. The van der Waals surface area contributed by atoms with Gasteiger partial charge in [-0.05, 0) is 49.2 Å². The molecule has 1 saturated heterocycles. The van der Waals surface area contributed by atoms with E-state index in [4.69, 9.17) is 10.00 Å². The molecule has 2 aliphatic heterocycles. The number of rotatable bonds is 7. The molecule has 31 heavy (non-hydrogen) atoms. The zero-order valence-corrected chi connectivity index (χ0v) is 17.4. The fourth-order valence-corrected chi connectivity index (χ4v) is 4.35. The molecular weight excluding hydrogens is 396 g/mol. The van der Waals surface area contributed by atoms with E-state index >= 15 is 0 Å². The number of ether oxygens (including phenoxy) is 1. The smallest absolute Gasteiger partial charge is 0.338 e. The van der Waals surface area contributed by atoms with E-state index in [1.165, 1.54) is 6.20 Å². The van der Waals surface area contributed by atoms with Crippen LogP contribution in [0.15, 0.2) is 30.5 Å². The van der Waals surface area contributed by atoms with Crippen LogP contribution in [0.4, 0.5) is 0 Å². The zero-order chi connectivity index (χ0) is 22.0. The van der Waals surface area contributed by atoms with Crippen molar-refractivity contribution in [2.45, 2.75) is 44.7 Å². The summed E-state index contributed by atoms with van der Waals surface area (Å²) in [6.45, 7) is 4.21. The fraction of sp³-hybridized carbons (Fsp3) is 0.435. The molecule has 3 N–H and O–H groups in total. The lowest BCUT2D eigenvalue weighted by molar-refractivity contribution is 0.0535. The van der Waals surface area contributed by atoms with Crippen LogP contribution in [-0.2, 0) is 17.8 Å². The summed E-state index contributed by atoms with van der Waals surface area (Å²) in [7, 11) is 0. The van der Waals surface area contributed by atoms with Crippen LogP contribution in [0, 0.1) is 18.3 Å². The average Bonchev–Trinajstić information content (AvgIpc) is 3.35. The van der Waals surface area contributed by atoms with E-state index in [9.17, 15) is 15.0 Å². The largest absolute Gasteiger partial charge is 0.457 e. The number of nitriles is 1. The maximum Gasteiger partial charge on any atom is 0.338 e. The third-order valence-electron chi connectivity index (χ3n) is 6.05. The number of likely N-dealkylation sites (tertiary alicyclic amines) is 1. The Morgan fingerprint density at radius 1 is 1.35 bits per heavy atom. The number of esters is 1. The van der Waals surface area contributed by atoms with Crippen LogP contribution >= 0.6 is 0 Å². The lowest BCUT2D eigenvalue weighted by Gasteiger charge is -2.23. The number of hydrogen-bond donors (Lipinski definition) is 3. The van der Waals surface area contributed by atoms with Crippen molar-refractivity contribution >= 4 is 5.97 Å². The van der Waals surface area contributed by atoms with E-state index in [-0.39, 0.29) is 18.6 Å². The number of aliphatic hydroxyl groups is 2. The Kier molecular flexibility index (Phi) is 6.30. The maximum absolute atomic E-state index is 11.7. The molecule has 2 aromatic rings. The molecule has 1 fully saturated rings. The summed E-state index contributed by atoms with van der Waals surface area (Å²) in [5, 5.41) is 33.2. The molecule has 0 aliphatic carbocycles. The van der Waals surface area contributed by atoms with Crippen LogP contribution in [0.3, 0.4) is 0 Å². The summed E-state index contributed by atoms with van der Waals surface area (Å²) < 4.78 is 5.10. The minimum Gasteiger partial charge on any atom is -0.457 e. The number of aromatic nitrogens is 1. The van der Waals surface area contributed by atoms with E-state index in [0.717, 1.165) is 41.9 Å². The highest BCUT2D eigenvalue weighted by molar-refractivity contribution is 5.93. The second-order valence-electron chi connectivity index (χ2n) is 8.18. The van der Waals surface area contributed by atoms with Crippen molar-refractivity contribution in [3.8, 4) is 6.07 Å². The molecule has 2 aliphatic rings. The molecular formula is C23H26N4O4. The Morgan fingerprint density at radius 2 is 2.19 bits per heavy atom. The molecule has 0 bridgehead atoms. The highest BCUT2D eigenvalue weighted by Gasteiger charge is 2.29. The number of nitrogens with zero attached hydrogens (tertiary/aromatic N) is 3. The van der Waals surface area contributed by atoms with Crippen molar-refractivity contribution in [1.29, 1.82) is 5.26 Å². The van der Waals surface area contributed by atoms with Crippen molar-refractivity contribution in [3.05, 3.63) is 64.0 Å². The molecule has 0 amide bonds. The Labute approximate surface area is 181 Å². The van der Waals surface area contributed by atoms with Gasteiger partial charge in [0, 0.05) is 43.0 Å². The fourth-order valence-electron chi connectivity index (χ4n) is 4.35. The van der Waals surface area contributed by atoms with Gasteiger partial charge in [0.1, 0.15) is 18.9 Å². The number of hydrogen-bond acceptors (Lipinski definition) is 8. The Morgan fingerprint density at radius 3 is 2.94 bits per heavy atom. The van der Waals surface area contributed by atoms with Gasteiger partial charge in [0.2, 0.25) is 0 Å². The van der Waals surface area contributed by atoms with Gasteiger partial charge < -0.3 is 14.9 Å². The first kappa shape index (κ1) is 21.4. The van der Waals surface area contributed by atoms with Crippen molar-refractivity contribution in [3.63, 3.8) is 0 Å². The third kappa shape index (κ3) is 4.75. The molecule has 8 nitrogen and oxygen atoms in total. The van der Waals surface area contributed by atoms with Crippen molar-refractivity contribution in [2.24, 2.45) is 0 Å². The summed E-state index contributed by atoms with van der Waals surface area (Å²) in [5.41, 5.74) is 4.40. The number of pyridine rings is 1. The normalized spacial score (nSPS) is 20.2. The van der Waals surface area contributed by atoms with E-state index in [1.807, 2.05) is 19.1 Å². The summed E-state index contributed by atoms with van der Waals surface area (Å²) in [4.78, 5) is 18.1. The quantitative estimate of drug-likeness (QED) is 0.450. The van der Waals surface area contributed by atoms with E-state index in [2.05, 4.69) is 15.2 Å². The predicted molar refractivity (Wildman–Crippen MR) is 112 cm³/mol. The first-order valence-corrected chi connectivity index (χ1v) is 10.4. The van der Waals surface area contributed by atoms with Gasteiger partial charge in [-0.3, -0.25) is 15.2 Å². The molecule has 0 saturated carbocycles. The monoisotopic (exact) mass is 422 g/mol. The molecule has 4 rings (SSSR count). The van der Waals surface area contributed by atoms with Gasteiger partial charge in [0.25, 0.3) is 0 Å². The number of carbonyl (C=O) groups excluding carboxylic acids is 1. The third-order valence-corrected chi connectivity index (χ3v) is 6.05. The van der Waals surface area contributed by atoms with Crippen LogP contribution in [0.2, 0.25) is 0 Å². The molecule has 3 atom stereocenters. The van der Waals surface area contributed by atoms with Gasteiger partial charge in [-0.15, -0.1) is 0 Å². The van der Waals surface area contributed by atoms with Crippen LogP contribution in [0.25, 0.3) is 0 Å². The zero-order valence-electron chi connectivity index (χ0n) is 17.4. The summed E-state index contributed by atoms with van der Waals surface area (Å²) in [6, 6.07) is 9.13. The first-order chi connectivity index (χ1) is 14.9. The molecule has 1 aromatic heterocycles. The minimum absolute atomic E-state index is 0.118. The summed E-state index contributed by atoms with van der Waals surface area (Å²) in [6.07, 6.45) is 1.35. The van der Waals surface area contributed by atoms with Crippen LogP contribution in [0.1, 0.15) is 50.8 Å². The van der Waals surface area contributed by atoms with Gasteiger partial charge in [-0.1, -0.05) is 6.07 Å². The average molecular weight is 422 g/mol. The Balaban J connectivity index is 1.29. The highest BCUT2D eigenvalue weighted by atomic mass is 16.5. The van der Waals surface area contributed by atoms with Crippen molar-refractivity contribution in [1.82, 2.24) is 15.2 Å². The van der Waals surface area contributed by atoms with E-state index in [1.54, 1.807) is 18.2 Å². The molecule has 162 valence electrons. The first-order valence-electron chi connectivity index (χ1n) is 10.4. The number of aliphatic hydroxyl groups excluding tert-OH is 2. The maximum atomic E-state index is 11.7. The second kappa shape index (κ2) is 9.12. The number of fused-ring (bicyclic) bond motifs is 1. The van der Waals surface area contributed by atoms with Gasteiger partial charge in [0.05, 0.1) is 17.2 Å². The summed E-state index contributed by atoms with van der Waals surface area (Å²) >= 11 is 0. The van der Waals surface area contributed by atoms with E-state index < -0.39 is 12.3 Å². The van der Waals surface area contributed by atoms with Crippen molar-refractivity contribution < 1.29 is 19.7 Å². The van der Waals surface area contributed by atoms with Crippen LogP contribution in [-0.4, -0.2) is 58.0 Å². The number of nitrogens with one attached hydrogen (secondary N) is 1. The lowest BCUT2D eigenvalue weighted by Crippen LogP contribution is -2.41. The molecule has 1 aromatic carbocycles. The molecule has 0 radical (unpaired) electrons. The standard InChI is InChI=1S/C23H26N4O4/c1-14-18(4-5-19-20(14)13-31-23(19)30)21(28)12-27-7-6-17(11-27)26-22(29)8-16-3-2-15(9-24)10-25-16/h2-5,10,17,21-22,26,28-29H,6-8,11-13H2,1H3/t17-,21+,22?/m1/s1. The molecule has 1 unspecified atom stereocenters. The second-order valence-corrected chi connectivity index (χ2v) is 8.18. The molecule has 8 heteroatoms. The number of carbonyl (C=O) groups is 1. The molecule has 3 heterocycles. The number of cyclic esters (lactones) is 1. The minimum atomic E-state index is -0.730. The summed E-state index contributed by atoms with van der Waals surface area (Å²) in [5.74, 6) is -0.303. The van der Waals surface area contributed by atoms with Gasteiger partial charge >= 0.3 is 5.97 Å². The van der Waals surface area contributed by atoms with Gasteiger partial charge in [-0.2, -0.15) is 5.26 Å². The number of benzene rings is 1. The van der Waals surface area contributed by atoms with Gasteiger partial charge in [0.15, 0.2) is 0 Å². The lowest BCUT2D eigenvalue weighted by atomic mass is 9.95. The Hall–Kier alpha value is -2.83. The number of β-amino-alcohol motifs (C(OH)–C–C–N with tert-alkyl or cyclic N) is 1. The van der Waals surface area contributed by atoms with Crippen LogP contribution in [0.5, 0.6) is 0 Å². The topological polar surface area (TPSA) is 119 Å². The van der Waals surface area contributed by atoms with Crippen LogP contribution < -0.4 is 5.32 Å². The van der Waals surface area contributed by atoms with Gasteiger partial charge in [-0.25, -0.2) is 4.79 Å². The predicted octanol–water partition coefficient (Wildman–Crippen LogP) is 1.19. The molecule has 0 spiro atoms. The van der Waals surface area contributed by atoms with E-state index in [0.29, 0.717) is 24.1 Å². The highest BCUT2D eigenvalue weighted by Crippen LogP contribution is 2.29. The van der Waals surface area contributed by atoms with Crippen molar-refractivity contribution in [2.75, 3.05) is 19.6 Å². The SMILES string of the molecule is Cc1c([C@@H](O)CN2CC[C@@H](NC(O)Cc3ccc(C#N)cn3)C2)ccc2c1COC2=O.